The molecular formula is C6H12NO. The highest BCUT2D eigenvalue weighted by atomic mass is 16.2. The molecule has 0 N–H and O–H groups in total. The van der Waals surface area contributed by atoms with E-state index in [1.54, 1.807) is 18.5 Å². The second-order valence-corrected chi connectivity index (χ2v) is 1.62. The summed E-state index contributed by atoms with van der Waals surface area (Å²) in [6.07, 6.45) is 0.584. The van der Waals surface area contributed by atoms with Gasteiger partial charge in [-0.2, -0.15) is 0 Å². The Kier molecular flexibility index (Phi) is 3.24. The first-order valence-corrected chi connectivity index (χ1v) is 2.77. The summed E-state index contributed by atoms with van der Waals surface area (Å²) in [4.78, 5) is 12.2. The highest BCUT2D eigenvalue weighted by Gasteiger charge is 2.00. The van der Waals surface area contributed by atoms with Crippen LogP contribution < -0.4 is 0 Å². The Morgan fingerprint density at radius 2 is 2.25 bits per heavy atom. The molecule has 0 aliphatic heterocycles. The molecule has 1 radical (unpaired) electrons. The monoisotopic (exact) mass is 114 g/mol. The summed E-state index contributed by atoms with van der Waals surface area (Å²) in [5.74, 6) is 0.160. The molecule has 0 unspecified atom stereocenters. The van der Waals surface area contributed by atoms with E-state index in [1.165, 1.54) is 0 Å². The normalized spacial score (nSPS) is 8.88. The van der Waals surface area contributed by atoms with Crippen LogP contribution in [0, 0.1) is 6.54 Å². The molecule has 0 atom stereocenters. The van der Waals surface area contributed by atoms with Gasteiger partial charge < -0.3 is 4.90 Å². The molecule has 0 aromatic carbocycles. The fourth-order valence-corrected chi connectivity index (χ4v) is 0.393. The zero-order valence-corrected chi connectivity index (χ0v) is 5.64. The maximum Gasteiger partial charge on any atom is 0.222 e. The third-order valence-corrected chi connectivity index (χ3v) is 1.08. The summed E-state index contributed by atoms with van der Waals surface area (Å²) in [5.41, 5.74) is 0. The van der Waals surface area contributed by atoms with Gasteiger partial charge in [0.15, 0.2) is 0 Å². The zero-order valence-electron chi connectivity index (χ0n) is 5.64. The van der Waals surface area contributed by atoms with Crippen LogP contribution in [-0.2, 0) is 4.79 Å². The van der Waals surface area contributed by atoms with Gasteiger partial charge in [0.05, 0.1) is 0 Å². The minimum Gasteiger partial charge on any atom is -0.341 e. The van der Waals surface area contributed by atoms with Crippen molar-refractivity contribution in [3.8, 4) is 0 Å². The first-order valence-electron chi connectivity index (χ1n) is 2.77. The van der Waals surface area contributed by atoms with Crippen molar-refractivity contribution in [1.82, 2.24) is 4.90 Å². The maximum absolute atomic E-state index is 10.6. The van der Waals surface area contributed by atoms with E-state index in [9.17, 15) is 4.79 Å². The molecule has 0 aliphatic carbocycles. The molecule has 0 saturated heterocycles. The summed E-state index contributed by atoms with van der Waals surface area (Å²) >= 11 is 0. The molecule has 2 heteroatoms. The van der Waals surface area contributed by atoms with E-state index < -0.39 is 0 Å². The average Bonchev–Trinajstić information content (AvgIpc) is 1.84. The van der Waals surface area contributed by atoms with Gasteiger partial charge in [-0.1, -0.05) is 6.92 Å². The van der Waals surface area contributed by atoms with E-state index in [2.05, 4.69) is 0 Å². The molecule has 47 valence electrons. The van der Waals surface area contributed by atoms with Crippen LogP contribution in [0.25, 0.3) is 0 Å². The second-order valence-electron chi connectivity index (χ2n) is 1.62. The van der Waals surface area contributed by atoms with Gasteiger partial charge in [-0.25, -0.2) is 0 Å². The van der Waals surface area contributed by atoms with Crippen molar-refractivity contribution in [3.63, 3.8) is 0 Å². The summed E-state index contributed by atoms with van der Waals surface area (Å²) in [5, 5.41) is 0. The van der Waals surface area contributed by atoms with Gasteiger partial charge in [0, 0.05) is 20.0 Å². The van der Waals surface area contributed by atoms with Crippen LogP contribution in [0.4, 0.5) is 0 Å². The summed E-state index contributed by atoms with van der Waals surface area (Å²) < 4.78 is 0. The molecule has 0 heterocycles. The highest BCUT2D eigenvalue weighted by Crippen LogP contribution is 1.90. The number of carbonyl (C=O) groups is 1. The average molecular weight is 114 g/mol. The largest absolute Gasteiger partial charge is 0.341 e. The van der Waals surface area contributed by atoms with Crippen LogP contribution in [0.1, 0.15) is 20.3 Å². The molecule has 0 aliphatic rings. The Morgan fingerprint density at radius 1 is 1.75 bits per heavy atom. The third kappa shape index (κ3) is 1.96. The molecule has 0 saturated carbocycles. The van der Waals surface area contributed by atoms with E-state index in [-0.39, 0.29) is 5.91 Å². The molecule has 0 spiro atoms. The van der Waals surface area contributed by atoms with Crippen molar-refractivity contribution >= 4 is 5.91 Å². The molecule has 0 fully saturated rings. The van der Waals surface area contributed by atoms with E-state index in [0.29, 0.717) is 6.42 Å². The van der Waals surface area contributed by atoms with Crippen LogP contribution in [-0.4, -0.2) is 17.9 Å². The van der Waals surface area contributed by atoms with Crippen molar-refractivity contribution in [3.05, 3.63) is 6.54 Å². The number of amides is 1. The van der Waals surface area contributed by atoms with Crippen LogP contribution in [0.2, 0.25) is 0 Å². The molecule has 2 nitrogen and oxygen atoms in total. The molecule has 0 aromatic rings. The molecule has 8 heavy (non-hydrogen) atoms. The predicted molar refractivity (Wildman–Crippen MR) is 33.0 cm³/mol. The highest BCUT2D eigenvalue weighted by molar-refractivity contribution is 5.75. The topological polar surface area (TPSA) is 20.3 Å². The van der Waals surface area contributed by atoms with E-state index >= 15 is 0 Å². The number of carbonyl (C=O) groups excluding carboxylic acids is 1. The van der Waals surface area contributed by atoms with Gasteiger partial charge in [-0.15, -0.1) is 0 Å². The standard InChI is InChI=1S/C6H12NO/c1-4-6(8)7(3)5-2/h5H,4H2,1-3H3. The van der Waals surface area contributed by atoms with E-state index in [4.69, 9.17) is 0 Å². The summed E-state index contributed by atoms with van der Waals surface area (Å²) in [6.45, 7) is 5.45. The Morgan fingerprint density at radius 3 is 2.38 bits per heavy atom. The van der Waals surface area contributed by atoms with Gasteiger partial charge in [0.2, 0.25) is 5.91 Å². The lowest BCUT2D eigenvalue weighted by Gasteiger charge is -2.10. The first-order chi connectivity index (χ1) is 3.72. The van der Waals surface area contributed by atoms with E-state index in [1.807, 2.05) is 13.8 Å². The van der Waals surface area contributed by atoms with E-state index in [0.717, 1.165) is 0 Å². The minimum atomic E-state index is 0.160. The summed E-state index contributed by atoms with van der Waals surface area (Å²) in [7, 11) is 1.76. The Bertz CT molecular complexity index is 80.6. The lowest BCUT2D eigenvalue weighted by Crippen LogP contribution is -2.21. The molecule has 0 rings (SSSR count). The van der Waals surface area contributed by atoms with Crippen molar-refractivity contribution in [2.24, 2.45) is 0 Å². The van der Waals surface area contributed by atoms with Gasteiger partial charge >= 0.3 is 0 Å². The zero-order chi connectivity index (χ0) is 6.57. The quantitative estimate of drug-likeness (QED) is 0.525. The Labute approximate surface area is 50.5 Å². The van der Waals surface area contributed by atoms with Gasteiger partial charge in [0.1, 0.15) is 0 Å². The minimum absolute atomic E-state index is 0.160. The number of hydrogen-bond donors (Lipinski definition) is 0. The first kappa shape index (κ1) is 7.47. The predicted octanol–water partition coefficient (Wildman–Crippen LogP) is 1.04. The van der Waals surface area contributed by atoms with Gasteiger partial charge in [-0.3, -0.25) is 4.79 Å². The Hall–Kier alpha value is -0.530. The van der Waals surface area contributed by atoms with Crippen LogP contribution in [0.5, 0.6) is 0 Å². The van der Waals surface area contributed by atoms with Gasteiger partial charge in [-0.05, 0) is 6.92 Å². The lowest BCUT2D eigenvalue weighted by atomic mass is 10.4. The Balaban J connectivity index is 3.46. The molecule has 0 bridgehead atoms. The van der Waals surface area contributed by atoms with Crippen molar-refractivity contribution in [1.29, 1.82) is 0 Å². The fraction of sp³-hybridized carbons (Fsp3) is 0.667. The smallest absolute Gasteiger partial charge is 0.222 e. The van der Waals surface area contributed by atoms with Crippen molar-refractivity contribution < 1.29 is 4.79 Å². The number of nitrogens with zero attached hydrogens (tertiary/aromatic N) is 1. The van der Waals surface area contributed by atoms with Crippen LogP contribution in [0.15, 0.2) is 0 Å². The number of hydrogen-bond acceptors (Lipinski definition) is 1. The molecule has 1 amide bonds. The van der Waals surface area contributed by atoms with Crippen LogP contribution >= 0.6 is 0 Å². The van der Waals surface area contributed by atoms with Gasteiger partial charge in [0.25, 0.3) is 0 Å². The fourth-order valence-electron chi connectivity index (χ4n) is 0.393. The van der Waals surface area contributed by atoms with Crippen LogP contribution in [0.3, 0.4) is 0 Å². The SMILES string of the molecule is C[CH]N(C)C(=O)CC. The lowest BCUT2D eigenvalue weighted by molar-refractivity contribution is -0.128. The van der Waals surface area contributed by atoms with Crippen molar-refractivity contribution in [2.45, 2.75) is 20.3 Å². The second kappa shape index (κ2) is 3.47. The molecule has 0 aromatic heterocycles. The summed E-state index contributed by atoms with van der Waals surface area (Å²) in [6, 6.07) is 0. The third-order valence-electron chi connectivity index (χ3n) is 1.08. The number of rotatable bonds is 2. The maximum atomic E-state index is 10.6. The molecular weight excluding hydrogens is 102 g/mol. The van der Waals surface area contributed by atoms with Crippen molar-refractivity contribution in [2.75, 3.05) is 7.05 Å².